The van der Waals surface area contributed by atoms with Crippen LogP contribution in [0.3, 0.4) is 0 Å². The van der Waals surface area contributed by atoms with Gasteiger partial charge in [0.05, 0.1) is 12.3 Å². The van der Waals surface area contributed by atoms with Crippen LogP contribution in [-0.2, 0) is 0 Å². The van der Waals surface area contributed by atoms with Crippen LogP contribution in [-0.4, -0.2) is 47.4 Å². The predicted molar refractivity (Wildman–Crippen MR) is 114 cm³/mol. The monoisotopic (exact) mass is 371 g/mol. The highest BCUT2D eigenvalue weighted by Crippen LogP contribution is 2.29. The van der Waals surface area contributed by atoms with Crippen molar-refractivity contribution in [3.8, 4) is 5.75 Å². The van der Waals surface area contributed by atoms with Crippen LogP contribution < -0.4 is 0 Å². The molecule has 1 saturated heterocycles. The predicted octanol–water partition coefficient (Wildman–Crippen LogP) is 4.13. The Hall–Kier alpha value is -3.11. The number of rotatable bonds is 5. The molecule has 0 unspecified atom stereocenters. The van der Waals surface area contributed by atoms with E-state index in [4.69, 9.17) is 0 Å². The van der Waals surface area contributed by atoms with E-state index in [1.807, 2.05) is 18.3 Å². The van der Waals surface area contributed by atoms with Gasteiger partial charge in [-0.1, -0.05) is 72.8 Å². The van der Waals surface area contributed by atoms with Crippen molar-refractivity contribution in [2.24, 2.45) is 5.10 Å². The summed E-state index contributed by atoms with van der Waals surface area (Å²) < 4.78 is 0. The Kier molecular flexibility index (Phi) is 5.69. The van der Waals surface area contributed by atoms with Crippen LogP contribution in [0.1, 0.15) is 22.7 Å². The Bertz CT molecular complexity index is 864. The molecule has 1 N–H and O–H groups in total. The van der Waals surface area contributed by atoms with E-state index in [0.717, 1.165) is 31.7 Å². The van der Waals surface area contributed by atoms with Gasteiger partial charge in [-0.2, -0.15) is 5.10 Å². The molecule has 1 fully saturated rings. The summed E-state index contributed by atoms with van der Waals surface area (Å²) in [5, 5.41) is 16.3. The fourth-order valence-electron chi connectivity index (χ4n) is 3.72. The lowest BCUT2D eigenvalue weighted by molar-refractivity contribution is 0.113. The van der Waals surface area contributed by atoms with Crippen LogP contribution in [0.25, 0.3) is 0 Å². The molecule has 3 aromatic rings. The maximum atomic E-state index is 9.58. The van der Waals surface area contributed by atoms with Crippen LogP contribution in [0.5, 0.6) is 5.75 Å². The van der Waals surface area contributed by atoms with Gasteiger partial charge in [0.2, 0.25) is 0 Å². The van der Waals surface area contributed by atoms with Gasteiger partial charge in [-0.3, -0.25) is 9.91 Å². The average Bonchev–Trinajstić information content (AvgIpc) is 2.75. The standard InChI is InChI=1S/C24H25N3O/c28-23-13-7-8-20(18-23)19-25-27-16-14-26(15-17-27)24(21-9-3-1-4-10-21)22-11-5-2-6-12-22/h1-13,18-19,24,28H,14-17H2. The minimum Gasteiger partial charge on any atom is -0.508 e. The van der Waals surface area contributed by atoms with Crippen molar-refractivity contribution in [1.82, 2.24) is 9.91 Å². The summed E-state index contributed by atoms with van der Waals surface area (Å²) in [6.45, 7) is 3.66. The van der Waals surface area contributed by atoms with Gasteiger partial charge in [0.25, 0.3) is 0 Å². The number of phenolic OH excluding ortho intramolecular Hbond substituents is 1. The van der Waals surface area contributed by atoms with Crippen molar-refractivity contribution in [2.75, 3.05) is 26.2 Å². The summed E-state index contributed by atoms with van der Waals surface area (Å²) in [7, 11) is 0. The molecule has 4 nitrogen and oxygen atoms in total. The first-order valence-electron chi connectivity index (χ1n) is 9.71. The highest BCUT2D eigenvalue weighted by Gasteiger charge is 2.25. The zero-order chi connectivity index (χ0) is 19.2. The fraction of sp³-hybridized carbons (Fsp3) is 0.208. The maximum absolute atomic E-state index is 9.58. The molecule has 0 saturated carbocycles. The van der Waals surface area contributed by atoms with Gasteiger partial charge in [-0.05, 0) is 28.8 Å². The fourth-order valence-corrected chi connectivity index (χ4v) is 3.72. The summed E-state index contributed by atoms with van der Waals surface area (Å²) in [4.78, 5) is 2.53. The lowest BCUT2D eigenvalue weighted by Crippen LogP contribution is -2.45. The smallest absolute Gasteiger partial charge is 0.116 e. The molecule has 0 aromatic heterocycles. The van der Waals surface area contributed by atoms with E-state index in [0.29, 0.717) is 0 Å². The second kappa shape index (κ2) is 8.72. The van der Waals surface area contributed by atoms with Crippen LogP contribution in [0, 0.1) is 0 Å². The molecule has 1 aliphatic heterocycles. The Balaban J connectivity index is 1.46. The second-order valence-corrected chi connectivity index (χ2v) is 7.05. The second-order valence-electron chi connectivity index (χ2n) is 7.05. The van der Waals surface area contributed by atoms with Crippen molar-refractivity contribution < 1.29 is 5.11 Å². The maximum Gasteiger partial charge on any atom is 0.116 e. The van der Waals surface area contributed by atoms with E-state index in [1.165, 1.54) is 11.1 Å². The van der Waals surface area contributed by atoms with E-state index in [1.54, 1.807) is 12.1 Å². The summed E-state index contributed by atoms with van der Waals surface area (Å²) in [5.41, 5.74) is 3.56. The van der Waals surface area contributed by atoms with Gasteiger partial charge >= 0.3 is 0 Å². The van der Waals surface area contributed by atoms with Crippen LogP contribution >= 0.6 is 0 Å². The first kappa shape index (κ1) is 18.3. The Morgan fingerprint density at radius 1 is 0.750 bits per heavy atom. The van der Waals surface area contributed by atoms with Crippen LogP contribution in [0.15, 0.2) is 90.0 Å². The van der Waals surface area contributed by atoms with Gasteiger partial charge in [0, 0.05) is 26.2 Å². The first-order valence-corrected chi connectivity index (χ1v) is 9.71. The van der Waals surface area contributed by atoms with Crippen molar-refractivity contribution >= 4 is 6.21 Å². The molecular weight excluding hydrogens is 346 g/mol. The molecular formula is C24H25N3O. The summed E-state index contributed by atoms with van der Waals surface area (Å²) in [5.74, 6) is 0.266. The topological polar surface area (TPSA) is 39.1 Å². The molecule has 0 spiro atoms. The van der Waals surface area contributed by atoms with Gasteiger partial charge in [-0.15, -0.1) is 0 Å². The van der Waals surface area contributed by atoms with Crippen molar-refractivity contribution in [1.29, 1.82) is 0 Å². The molecule has 4 rings (SSSR count). The molecule has 142 valence electrons. The third-order valence-corrected chi connectivity index (χ3v) is 5.13. The summed E-state index contributed by atoms with van der Waals surface area (Å²) in [6.07, 6.45) is 1.82. The van der Waals surface area contributed by atoms with E-state index >= 15 is 0 Å². The lowest BCUT2D eigenvalue weighted by Gasteiger charge is -2.38. The molecule has 4 heteroatoms. The van der Waals surface area contributed by atoms with Crippen molar-refractivity contribution in [3.05, 3.63) is 102 Å². The number of hydrogen-bond acceptors (Lipinski definition) is 4. The molecule has 1 aliphatic rings. The number of hydrogen-bond donors (Lipinski definition) is 1. The van der Waals surface area contributed by atoms with Crippen molar-refractivity contribution in [3.63, 3.8) is 0 Å². The normalized spacial score (nSPS) is 15.4. The SMILES string of the molecule is Oc1cccc(C=NN2CCN(C(c3ccccc3)c3ccccc3)CC2)c1. The molecule has 0 radical (unpaired) electrons. The van der Waals surface area contributed by atoms with E-state index in [2.05, 4.69) is 75.7 Å². The molecule has 3 aromatic carbocycles. The van der Waals surface area contributed by atoms with E-state index in [9.17, 15) is 5.11 Å². The van der Waals surface area contributed by atoms with Gasteiger partial charge in [0.15, 0.2) is 0 Å². The third-order valence-electron chi connectivity index (χ3n) is 5.13. The molecule has 0 amide bonds. The van der Waals surface area contributed by atoms with E-state index in [-0.39, 0.29) is 11.8 Å². The summed E-state index contributed by atoms with van der Waals surface area (Å²) >= 11 is 0. The largest absolute Gasteiger partial charge is 0.508 e. The molecule has 0 aliphatic carbocycles. The number of phenols is 1. The molecule has 0 bridgehead atoms. The van der Waals surface area contributed by atoms with Crippen molar-refractivity contribution in [2.45, 2.75) is 6.04 Å². The minimum absolute atomic E-state index is 0.264. The highest BCUT2D eigenvalue weighted by molar-refractivity contribution is 5.79. The zero-order valence-electron chi connectivity index (χ0n) is 15.9. The number of hydrazone groups is 1. The van der Waals surface area contributed by atoms with E-state index < -0.39 is 0 Å². The Morgan fingerprint density at radius 3 is 1.93 bits per heavy atom. The number of aromatic hydroxyl groups is 1. The van der Waals surface area contributed by atoms with Gasteiger partial charge in [-0.25, -0.2) is 0 Å². The Labute approximate surface area is 166 Å². The van der Waals surface area contributed by atoms with Gasteiger partial charge in [0.1, 0.15) is 5.75 Å². The molecule has 0 atom stereocenters. The number of benzene rings is 3. The highest BCUT2D eigenvalue weighted by atomic mass is 16.3. The number of nitrogens with zero attached hydrogens (tertiary/aromatic N) is 3. The zero-order valence-corrected chi connectivity index (χ0v) is 15.9. The van der Waals surface area contributed by atoms with Gasteiger partial charge < -0.3 is 5.11 Å². The third kappa shape index (κ3) is 4.41. The Morgan fingerprint density at radius 2 is 1.36 bits per heavy atom. The lowest BCUT2D eigenvalue weighted by atomic mass is 9.96. The summed E-state index contributed by atoms with van der Waals surface area (Å²) in [6, 6.07) is 28.9. The molecule has 28 heavy (non-hydrogen) atoms. The van der Waals surface area contributed by atoms with Crippen LogP contribution in [0.2, 0.25) is 0 Å². The minimum atomic E-state index is 0.264. The average molecular weight is 371 g/mol. The molecule has 1 heterocycles. The van der Waals surface area contributed by atoms with Crippen LogP contribution in [0.4, 0.5) is 0 Å². The first-order chi connectivity index (χ1) is 13.8. The number of piperazine rings is 1. The quantitative estimate of drug-likeness (QED) is 0.686.